The summed E-state index contributed by atoms with van der Waals surface area (Å²) in [6.45, 7) is 2.23. The van der Waals surface area contributed by atoms with Crippen LogP contribution in [0.5, 0.6) is 0 Å². The lowest BCUT2D eigenvalue weighted by molar-refractivity contribution is 0.302. The van der Waals surface area contributed by atoms with Gasteiger partial charge in [0.1, 0.15) is 17.5 Å². The van der Waals surface area contributed by atoms with Crippen LogP contribution in [0.4, 0.5) is 13.2 Å². The van der Waals surface area contributed by atoms with Crippen molar-refractivity contribution >= 4 is 0 Å². The van der Waals surface area contributed by atoms with Crippen LogP contribution in [-0.2, 0) is 12.8 Å². The Morgan fingerprint density at radius 2 is 1.53 bits per heavy atom. The molecule has 2 aromatic carbocycles. The Morgan fingerprint density at radius 1 is 0.800 bits per heavy atom. The number of hydrogen-bond donors (Lipinski definition) is 0. The lowest BCUT2D eigenvalue weighted by Crippen LogP contribution is -2.17. The maximum absolute atomic E-state index is 15.1. The maximum Gasteiger partial charge on any atom is 0.129 e. The average Bonchev–Trinajstić information content (AvgIpc) is 2.73. The van der Waals surface area contributed by atoms with E-state index in [4.69, 9.17) is 0 Å². The number of halogens is 3. The van der Waals surface area contributed by atoms with E-state index in [1.54, 1.807) is 18.2 Å². The molecule has 0 saturated heterocycles. The van der Waals surface area contributed by atoms with Gasteiger partial charge < -0.3 is 0 Å². The molecule has 0 aromatic heterocycles. The summed E-state index contributed by atoms with van der Waals surface area (Å²) in [5.74, 6) is -0.283. The number of rotatable bonds is 6. The van der Waals surface area contributed by atoms with Crippen LogP contribution in [0.3, 0.4) is 0 Å². The zero-order chi connectivity index (χ0) is 21.1. The van der Waals surface area contributed by atoms with Crippen LogP contribution in [0.2, 0.25) is 0 Å². The Labute approximate surface area is 178 Å². The molecule has 1 fully saturated rings. The maximum atomic E-state index is 15.1. The molecule has 162 valence electrons. The molecule has 0 N–H and O–H groups in total. The molecule has 4 rings (SSSR count). The van der Waals surface area contributed by atoms with E-state index in [-0.39, 0.29) is 23.2 Å². The zero-order valence-corrected chi connectivity index (χ0v) is 18.0. The Kier molecular flexibility index (Phi) is 6.85. The highest BCUT2D eigenvalue weighted by Gasteiger charge is 2.28. The lowest BCUT2D eigenvalue weighted by atomic mass is 9.75. The van der Waals surface area contributed by atoms with Gasteiger partial charge in [-0.2, -0.15) is 0 Å². The number of aryl methyl sites for hydroxylation is 1. The Morgan fingerprint density at radius 3 is 2.23 bits per heavy atom. The van der Waals surface area contributed by atoms with Crippen LogP contribution in [0.25, 0.3) is 0 Å². The van der Waals surface area contributed by atoms with Gasteiger partial charge in [-0.15, -0.1) is 0 Å². The van der Waals surface area contributed by atoms with Crippen molar-refractivity contribution in [1.82, 2.24) is 0 Å². The molecule has 2 aliphatic rings. The van der Waals surface area contributed by atoms with Crippen molar-refractivity contribution in [3.8, 4) is 0 Å². The minimum absolute atomic E-state index is 0.196. The van der Waals surface area contributed by atoms with Crippen LogP contribution < -0.4 is 0 Å². The molecular weight excluding hydrogens is 381 g/mol. The minimum Gasteiger partial charge on any atom is -0.207 e. The average molecular weight is 415 g/mol. The number of unbranched alkanes of at least 4 members (excludes halogenated alkanes) is 2. The number of fused-ring (bicyclic) bond motifs is 1. The van der Waals surface area contributed by atoms with Crippen molar-refractivity contribution in [3.63, 3.8) is 0 Å². The van der Waals surface area contributed by atoms with E-state index in [0.717, 1.165) is 41.9 Å². The van der Waals surface area contributed by atoms with E-state index in [0.29, 0.717) is 12.8 Å². The first-order chi connectivity index (χ1) is 14.5. The van der Waals surface area contributed by atoms with Crippen LogP contribution in [0.15, 0.2) is 30.3 Å². The summed E-state index contributed by atoms with van der Waals surface area (Å²) in [4.78, 5) is 0. The summed E-state index contributed by atoms with van der Waals surface area (Å²) >= 11 is 0. The molecule has 0 amide bonds. The van der Waals surface area contributed by atoms with E-state index in [2.05, 4.69) is 6.92 Å². The van der Waals surface area contributed by atoms with Crippen molar-refractivity contribution in [3.05, 3.63) is 70.0 Å². The van der Waals surface area contributed by atoms with Gasteiger partial charge in [-0.05, 0) is 104 Å². The van der Waals surface area contributed by atoms with Gasteiger partial charge in [0, 0.05) is 5.56 Å². The molecule has 0 bridgehead atoms. The normalized spacial score (nSPS) is 23.9. The largest absolute Gasteiger partial charge is 0.207 e. The summed E-state index contributed by atoms with van der Waals surface area (Å²) in [5.41, 5.74) is 3.00. The molecular formula is C27H33F3. The topological polar surface area (TPSA) is 0 Å². The molecule has 0 nitrogen and oxygen atoms in total. The molecule has 2 aliphatic carbocycles. The van der Waals surface area contributed by atoms with Crippen LogP contribution >= 0.6 is 0 Å². The van der Waals surface area contributed by atoms with Gasteiger partial charge in [0.25, 0.3) is 0 Å². The predicted molar refractivity (Wildman–Crippen MR) is 116 cm³/mol. The van der Waals surface area contributed by atoms with Crippen LogP contribution in [-0.4, -0.2) is 0 Å². The standard InChI is InChI=1S/C27H33F3/c1-2-3-4-5-18-6-8-19(9-7-18)23-16-25(29)27(26(30)17-23)21-11-10-20-12-13-24(28)15-22(20)14-21/h12-13,15-19,21H,2-11,14H2,1H3. The van der Waals surface area contributed by atoms with E-state index in [1.165, 1.54) is 50.7 Å². The summed E-state index contributed by atoms with van der Waals surface area (Å²) in [7, 11) is 0. The fraction of sp³-hybridized carbons (Fsp3) is 0.556. The van der Waals surface area contributed by atoms with E-state index < -0.39 is 11.6 Å². The second-order valence-corrected chi connectivity index (χ2v) is 9.46. The van der Waals surface area contributed by atoms with Gasteiger partial charge >= 0.3 is 0 Å². The Balaban J connectivity index is 1.44. The van der Waals surface area contributed by atoms with Gasteiger partial charge in [-0.1, -0.05) is 38.7 Å². The molecule has 1 unspecified atom stereocenters. The Hall–Kier alpha value is -1.77. The quantitative estimate of drug-likeness (QED) is 0.418. The molecule has 1 saturated carbocycles. The van der Waals surface area contributed by atoms with Crippen molar-refractivity contribution < 1.29 is 13.2 Å². The third-order valence-electron chi connectivity index (χ3n) is 7.44. The molecule has 0 aliphatic heterocycles. The highest BCUT2D eigenvalue weighted by molar-refractivity contribution is 5.37. The van der Waals surface area contributed by atoms with Crippen LogP contribution in [0.1, 0.15) is 98.8 Å². The zero-order valence-electron chi connectivity index (χ0n) is 18.0. The second kappa shape index (κ2) is 9.58. The SMILES string of the molecule is CCCCCC1CCC(c2cc(F)c(C3CCc4ccc(F)cc4C3)c(F)c2)CC1. The third-order valence-corrected chi connectivity index (χ3v) is 7.44. The van der Waals surface area contributed by atoms with E-state index >= 15 is 8.78 Å². The van der Waals surface area contributed by atoms with Gasteiger partial charge in [0.2, 0.25) is 0 Å². The van der Waals surface area contributed by atoms with Crippen LogP contribution in [0, 0.1) is 23.4 Å². The summed E-state index contributed by atoms with van der Waals surface area (Å²) in [6, 6.07) is 7.96. The molecule has 0 radical (unpaired) electrons. The van der Waals surface area contributed by atoms with Gasteiger partial charge in [0.15, 0.2) is 0 Å². The molecule has 30 heavy (non-hydrogen) atoms. The smallest absolute Gasteiger partial charge is 0.129 e. The molecule has 0 heterocycles. The molecule has 2 aromatic rings. The first kappa shape index (κ1) is 21.5. The highest BCUT2D eigenvalue weighted by atomic mass is 19.1. The molecule has 1 atom stereocenters. The summed E-state index contributed by atoms with van der Waals surface area (Å²) in [5, 5.41) is 0. The first-order valence-corrected chi connectivity index (χ1v) is 11.8. The second-order valence-electron chi connectivity index (χ2n) is 9.46. The number of benzene rings is 2. The molecule has 0 spiro atoms. The monoisotopic (exact) mass is 414 g/mol. The van der Waals surface area contributed by atoms with E-state index in [1.807, 2.05) is 0 Å². The molecule has 3 heteroatoms. The van der Waals surface area contributed by atoms with Gasteiger partial charge in [0.05, 0.1) is 0 Å². The Bertz CT molecular complexity index is 841. The summed E-state index contributed by atoms with van der Waals surface area (Å²) in [6.07, 6.45) is 11.5. The number of hydrogen-bond acceptors (Lipinski definition) is 0. The fourth-order valence-electron chi connectivity index (χ4n) is 5.67. The lowest BCUT2D eigenvalue weighted by Gasteiger charge is -2.30. The van der Waals surface area contributed by atoms with E-state index in [9.17, 15) is 4.39 Å². The third kappa shape index (κ3) is 4.76. The van der Waals surface area contributed by atoms with Crippen molar-refractivity contribution in [2.75, 3.05) is 0 Å². The highest BCUT2D eigenvalue weighted by Crippen LogP contribution is 2.41. The van der Waals surface area contributed by atoms with Gasteiger partial charge in [-0.3, -0.25) is 0 Å². The van der Waals surface area contributed by atoms with Crippen molar-refractivity contribution in [2.45, 2.75) is 89.4 Å². The van der Waals surface area contributed by atoms with Crippen molar-refractivity contribution in [2.24, 2.45) is 5.92 Å². The van der Waals surface area contributed by atoms with Gasteiger partial charge in [-0.25, -0.2) is 13.2 Å². The fourth-order valence-corrected chi connectivity index (χ4v) is 5.67. The van der Waals surface area contributed by atoms with Crippen molar-refractivity contribution in [1.29, 1.82) is 0 Å². The summed E-state index contributed by atoms with van der Waals surface area (Å²) < 4.78 is 43.8. The minimum atomic E-state index is -0.417. The predicted octanol–water partition coefficient (Wildman–Crippen LogP) is 8.23. The first-order valence-electron chi connectivity index (χ1n) is 11.8.